The highest BCUT2D eigenvalue weighted by Gasteiger charge is 2.17. The maximum Gasteiger partial charge on any atom is 0.238 e. The molecule has 0 heterocycles. The Kier molecular flexibility index (Phi) is 4.68. The summed E-state index contributed by atoms with van der Waals surface area (Å²) in [6.07, 6.45) is 0.742. The number of carbonyl (C=O) groups is 2. The van der Waals surface area contributed by atoms with Gasteiger partial charge in [0, 0.05) is 5.69 Å². The number of para-hydroxylation sites is 1. The molecule has 3 nitrogen and oxygen atoms in total. The molecule has 16 heavy (non-hydrogen) atoms. The summed E-state index contributed by atoms with van der Waals surface area (Å²) in [5.74, 6) is -0.107. The van der Waals surface area contributed by atoms with Crippen LogP contribution in [0.5, 0.6) is 0 Å². The Labute approximate surface area is 104 Å². The summed E-state index contributed by atoms with van der Waals surface area (Å²) in [7, 11) is 0. The number of rotatable bonds is 4. The molecule has 4 heteroatoms. The molecule has 0 unspecified atom stereocenters. The molecule has 0 saturated carbocycles. The van der Waals surface area contributed by atoms with E-state index in [4.69, 9.17) is 0 Å². The largest absolute Gasteiger partial charge is 0.304 e. The molecule has 0 spiro atoms. The fraction of sp³-hybridized carbons (Fsp3) is 0.333. The zero-order valence-corrected chi connectivity index (χ0v) is 11.0. The Morgan fingerprint density at radius 2 is 1.94 bits per heavy atom. The summed E-state index contributed by atoms with van der Waals surface area (Å²) < 4.78 is 0. The standard InChI is InChI=1S/C12H14BrNO2/c1-9-4-3-5-10(2)12(9)14(6-7-15)11(16)8-13/h3-5,7H,6,8H2,1-2H3. The predicted octanol–water partition coefficient (Wildman–Crippen LogP) is 2.23. The van der Waals surface area contributed by atoms with Gasteiger partial charge in [-0.2, -0.15) is 0 Å². The Balaban J connectivity index is 3.19. The Bertz CT molecular complexity index is 384. The molecule has 0 aliphatic rings. The monoisotopic (exact) mass is 283 g/mol. The van der Waals surface area contributed by atoms with Gasteiger partial charge in [-0.05, 0) is 25.0 Å². The smallest absolute Gasteiger partial charge is 0.238 e. The zero-order valence-electron chi connectivity index (χ0n) is 9.37. The lowest BCUT2D eigenvalue weighted by Gasteiger charge is -2.23. The highest BCUT2D eigenvalue weighted by molar-refractivity contribution is 9.09. The number of nitrogens with zero attached hydrogens (tertiary/aromatic N) is 1. The van der Waals surface area contributed by atoms with Crippen molar-refractivity contribution in [3.8, 4) is 0 Å². The van der Waals surface area contributed by atoms with Gasteiger partial charge in [0.1, 0.15) is 6.29 Å². The quantitative estimate of drug-likeness (QED) is 0.628. The number of aldehydes is 1. The SMILES string of the molecule is Cc1cccc(C)c1N(CC=O)C(=O)CBr. The molecular formula is C12H14BrNO2. The number of alkyl halides is 1. The minimum absolute atomic E-state index is 0.0934. The highest BCUT2D eigenvalue weighted by Crippen LogP contribution is 2.24. The predicted molar refractivity (Wildman–Crippen MR) is 68.1 cm³/mol. The number of aryl methyl sites for hydroxylation is 2. The van der Waals surface area contributed by atoms with Crippen LogP contribution in [0.1, 0.15) is 11.1 Å². The molecule has 0 aliphatic heterocycles. The van der Waals surface area contributed by atoms with Gasteiger partial charge < -0.3 is 9.69 Å². The third-order valence-electron chi connectivity index (χ3n) is 2.38. The van der Waals surface area contributed by atoms with E-state index in [1.807, 2.05) is 32.0 Å². The van der Waals surface area contributed by atoms with E-state index < -0.39 is 0 Å². The summed E-state index contributed by atoms with van der Waals surface area (Å²) in [6, 6.07) is 5.80. The normalized spacial score (nSPS) is 9.94. The first-order valence-corrected chi connectivity index (χ1v) is 6.10. The molecular weight excluding hydrogens is 270 g/mol. The molecule has 1 aromatic rings. The van der Waals surface area contributed by atoms with Gasteiger partial charge in [0.15, 0.2) is 0 Å². The lowest BCUT2D eigenvalue weighted by molar-refractivity contribution is -0.117. The van der Waals surface area contributed by atoms with E-state index in [-0.39, 0.29) is 17.8 Å². The van der Waals surface area contributed by atoms with Crippen molar-refractivity contribution >= 4 is 33.8 Å². The molecule has 1 rings (SSSR count). The van der Waals surface area contributed by atoms with Crippen LogP contribution in [-0.4, -0.2) is 24.1 Å². The molecule has 1 aromatic carbocycles. The molecule has 0 aliphatic carbocycles. The fourth-order valence-electron chi connectivity index (χ4n) is 1.70. The van der Waals surface area contributed by atoms with Crippen LogP contribution >= 0.6 is 15.9 Å². The van der Waals surface area contributed by atoms with E-state index in [2.05, 4.69) is 15.9 Å². The summed E-state index contributed by atoms with van der Waals surface area (Å²) >= 11 is 3.12. The van der Waals surface area contributed by atoms with E-state index in [1.165, 1.54) is 4.90 Å². The summed E-state index contributed by atoms with van der Waals surface area (Å²) in [5, 5.41) is 0.217. The number of hydrogen-bond acceptors (Lipinski definition) is 2. The van der Waals surface area contributed by atoms with Crippen molar-refractivity contribution in [3.05, 3.63) is 29.3 Å². The number of benzene rings is 1. The van der Waals surface area contributed by atoms with Crippen molar-refractivity contribution in [2.45, 2.75) is 13.8 Å². The minimum Gasteiger partial charge on any atom is -0.304 e. The summed E-state index contributed by atoms with van der Waals surface area (Å²) in [6.45, 7) is 3.96. The van der Waals surface area contributed by atoms with Crippen LogP contribution in [0.4, 0.5) is 5.69 Å². The maximum absolute atomic E-state index is 11.7. The van der Waals surface area contributed by atoms with Gasteiger partial charge in [-0.1, -0.05) is 34.1 Å². The number of amides is 1. The average Bonchev–Trinajstić information content (AvgIpc) is 2.26. The van der Waals surface area contributed by atoms with Crippen LogP contribution in [0.3, 0.4) is 0 Å². The molecule has 0 N–H and O–H groups in total. The van der Waals surface area contributed by atoms with Crippen LogP contribution in [-0.2, 0) is 9.59 Å². The van der Waals surface area contributed by atoms with Gasteiger partial charge in [0.05, 0.1) is 11.9 Å². The first-order chi connectivity index (χ1) is 7.61. The van der Waals surface area contributed by atoms with E-state index >= 15 is 0 Å². The van der Waals surface area contributed by atoms with Crippen LogP contribution in [0.2, 0.25) is 0 Å². The minimum atomic E-state index is -0.107. The fourth-order valence-corrected chi connectivity index (χ4v) is 2.00. The van der Waals surface area contributed by atoms with Crippen molar-refractivity contribution in [1.82, 2.24) is 0 Å². The van der Waals surface area contributed by atoms with Gasteiger partial charge in [-0.25, -0.2) is 0 Å². The van der Waals surface area contributed by atoms with Crippen molar-refractivity contribution in [1.29, 1.82) is 0 Å². The summed E-state index contributed by atoms with van der Waals surface area (Å²) in [4.78, 5) is 23.9. The topological polar surface area (TPSA) is 37.4 Å². The van der Waals surface area contributed by atoms with E-state index in [0.717, 1.165) is 23.1 Å². The summed E-state index contributed by atoms with van der Waals surface area (Å²) in [5.41, 5.74) is 2.83. The molecule has 0 aromatic heterocycles. The van der Waals surface area contributed by atoms with Crippen LogP contribution in [0.25, 0.3) is 0 Å². The van der Waals surface area contributed by atoms with Gasteiger partial charge in [0.2, 0.25) is 5.91 Å². The first-order valence-electron chi connectivity index (χ1n) is 4.98. The third kappa shape index (κ3) is 2.70. The molecule has 0 radical (unpaired) electrons. The second-order valence-corrected chi connectivity index (χ2v) is 4.11. The maximum atomic E-state index is 11.7. The van der Waals surface area contributed by atoms with E-state index in [1.54, 1.807) is 0 Å². The lowest BCUT2D eigenvalue weighted by atomic mass is 10.1. The van der Waals surface area contributed by atoms with Gasteiger partial charge in [0.25, 0.3) is 0 Å². The molecule has 86 valence electrons. The van der Waals surface area contributed by atoms with E-state index in [0.29, 0.717) is 0 Å². The van der Waals surface area contributed by atoms with E-state index in [9.17, 15) is 9.59 Å². The van der Waals surface area contributed by atoms with Gasteiger partial charge in [-0.15, -0.1) is 0 Å². The van der Waals surface area contributed by atoms with Crippen LogP contribution in [0, 0.1) is 13.8 Å². The van der Waals surface area contributed by atoms with Crippen molar-refractivity contribution in [2.24, 2.45) is 0 Å². The van der Waals surface area contributed by atoms with Crippen LogP contribution in [0.15, 0.2) is 18.2 Å². The average molecular weight is 284 g/mol. The molecule has 1 amide bonds. The Hall–Kier alpha value is -1.16. The van der Waals surface area contributed by atoms with Crippen molar-refractivity contribution in [3.63, 3.8) is 0 Å². The molecule has 0 saturated heterocycles. The number of anilines is 1. The van der Waals surface area contributed by atoms with Crippen LogP contribution < -0.4 is 4.90 Å². The first kappa shape index (κ1) is 12.9. The van der Waals surface area contributed by atoms with Crippen molar-refractivity contribution < 1.29 is 9.59 Å². The Morgan fingerprint density at radius 1 is 1.38 bits per heavy atom. The number of hydrogen-bond donors (Lipinski definition) is 0. The number of halogens is 1. The second-order valence-electron chi connectivity index (χ2n) is 3.55. The van der Waals surface area contributed by atoms with Gasteiger partial charge >= 0.3 is 0 Å². The lowest BCUT2D eigenvalue weighted by Crippen LogP contribution is -2.34. The molecule has 0 atom stereocenters. The third-order valence-corrected chi connectivity index (χ3v) is 2.86. The number of carbonyl (C=O) groups excluding carboxylic acids is 2. The molecule has 0 bridgehead atoms. The molecule has 0 fully saturated rings. The van der Waals surface area contributed by atoms with Gasteiger partial charge in [-0.3, -0.25) is 4.79 Å². The second kappa shape index (κ2) is 5.80. The highest BCUT2D eigenvalue weighted by atomic mass is 79.9. The van der Waals surface area contributed by atoms with Crippen molar-refractivity contribution in [2.75, 3.05) is 16.8 Å². The Morgan fingerprint density at radius 3 is 2.38 bits per heavy atom. The zero-order chi connectivity index (χ0) is 12.1.